The fourth-order valence-electron chi connectivity index (χ4n) is 3.00. The number of carbonyl (C=O) groups is 1. The average Bonchev–Trinajstić information content (AvgIpc) is 2.73. The van der Waals surface area contributed by atoms with Gasteiger partial charge in [-0.05, 0) is 72.1 Å². The molecular formula is C23H20F3N3O3. The summed E-state index contributed by atoms with van der Waals surface area (Å²) >= 11 is 0. The van der Waals surface area contributed by atoms with Crippen molar-refractivity contribution in [3.63, 3.8) is 0 Å². The number of rotatable bonds is 7. The van der Waals surface area contributed by atoms with Crippen molar-refractivity contribution in [1.82, 2.24) is 4.98 Å². The summed E-state index contributed by atoms with van der Waals surface area (Å²) in [5.41, 5.74) is 11.8. The lowest BCUT2D eigenvalue weighted by molar-refractivity contribution is -0.138. The van der Waals surface area contributed by atoms with Gasteiger partial charge in [0.05, 0.1) is 11.3 Å². The summed E-state index contributed by atoms with van der Waals surface area (Å²) in [5, 5.41) is 9.17. The number of ether oxygens (including phenoxy) is 1. The molecule has 0 aliphatic heterocycles. The van der Waals surface area contributed by atoms with E-state index in [9.17, 15) is 18.0 Å². The molecule has 0 spiro atoms. The molecule has 0 bridgehead atoms. The molecule has 0 radical (unpaired) electrons. The topological polar surface area (TPSA) is 111 Å². The van der Waals surface area contributed by atoms with E-state index in [-0.39, 0.29) is 35.1 Å². The number of halogens is 3. The highest BCUT2D eigenvalue weighted by Gasteiger charge is 2.35. The number of carbonyl (C=O) groups excluding carboxylic acids is 1. The van der Waals surface area contributed by atoms with E-state index in [0.29, 0.717) is 23.2 Å². The quantitative estimate of drug-likeness (QED) is 0.509. The molecule has 32 heavy (non-hydrogen) atoms. The number of benzene rings is 2. The number of nitrogens with zero attached hydrogens (tertiary/aromatic N) is 1. The van der Waals surface area contributed by atoms with E-state index < -0.39 is 17.6 Å². The second kappa shape index (κ2) is 9.11. The van der Waals surface area contributed by atoms with Crippen LogP contribution in [-0.2, 0) is 12.6 Å². The highest BCUT2D eigenvalue weighted by Crippen LogP contribution is 2.39. The van der Waals surface area contributed by atoms with Crippen LogP contribution < -0.4 is 16.2 Å². The Labute approximate surface area is 182 Å². The first-order valence-corrected chi connectivity index (χ1v) is 9.44. The predicted octanol–water partition coefficient (Wildman–Crippen LogP) is 4.12. The van der Waals surface area contributed by atoms with Crippen molar-refractivity contribution in [2.75, 3.05) is 6.61 Å². The van der Waals surface area contributed by atoms with Gasteiger partial charge in [0, 0.05) is 17.9 Å². The number of pyridine rings is 1. The van der Waals surface area contributed by atoms with Crippen LogP contribution >= 0.6 is 0 Å². The number of alkyl halides is 3. The van der Waals surface area contributed by atoms with Crippen LogP contribution in [0, 0.1) is 0 Å². The van der Waals surface area contributed by atoms with Crippen LogP contribution in [0.5, 0.6) is 11.5 Å². The van der Waals surface area contributed by atoms with Gasteiger partial charge in [0.1, 0.15) is 17.2 Å². The van der Waals surface area contributed by atoms with Crippen LogP contribution in [0.15, 0.2) is 61.2 Å². The minimum absolute atomic E-state index is 0.0117. The van der Waals surface area contributed by atoms with Gasteiger partial charge in [-0.15, -0.1) is 0 Å². The first-order chi connectivity index (χ1) is 15.1. The molecule has 0 aliphatic rings. The number of primary amides is 1. The molecule has 3 aromatic rings. The van der Waals surface area contributed by atoms with Crippen molar-refractivity contribution in [1.29, 1.82) is 0 Å². The molecule has 0 saturated carbocycles. The number of aliphatic hydroxyl groups excluding tert-OH is 1. The van der Waals surface area contributed by atoms with E-state index in [1.807, 2.05) is 0 Å². The van der Waals surface area contributed by atoms with Gasteiger partial charge >= 0.3 is 6.18 Å². The van der Waals surface area contributed by atoms with E-state index in [0.717, 1.165) is 6.07 Å². The van der Waals surface area contributed by atoms with Crippen LogP contribution in [0.1, 0.15) is 27.2 Å². The van der Waals surface area contributed by atoms with Gasteiger partial charge < -0.3 is 21.3 Å². The fourth-order valence-corrected chi connectivity index (χ4v) is 3.00. The zero-order valence-corrected chi connectivity index (χ0v) is 16.8. The number of nitrogens with two attached hydrogens (primary N) is 2. The Morgan fingerprint density at radius 3 is 2.31 bits per heavy atom. The summed E-state index contributed by atoms with van der Waals surface area (Å²) in [4.78, 5) is 15.8. The van der Waals surface area contributed by atoms with E-state index in [4.69, 9.17) is 21.3 Å². The highest BCUT2D eigenvalue weighted by molar-refractivity contribution is 5.91. The Kier molecular flexibility index (Phi) is 6.50. The Morgan fingerprint density at radius 1 is 1.06 bits per heavy atom. The third kappa shape index (κ3) is 5.25. The summed E-state index contributed by atoms with van der Waals surface area (Å²) in [6.07, 6.45) is -4.34. The maximum atomic E-state index is 13.5. The van der Waals surface area contributed by atoms with Crippen LogP contribution in [0.2, 0.25) is 0 Å². The third-order valence-electron chi connectivity index (χ3n) is 4.57. The number of hydrogen-bond acceptors (Lipinski definition) is 5. The van der Waals surface area contributed by atoms with Gasteiger partial charge in [0.25, 0.3) is 5.91 Å². The standard InChI is InChI=1S/C23H20F3N3O3/c1-13(27)16-4-7-21(18(12-16)23(24,25)26)32-17-5-2-15(3-6-17)19-10-14(8-9-30)11-20(29-19)22(28)31/h2-7,10-12,30H,1,8-9,27H2,(H2,28,31). The lowest BCUT2D eigenvalue weighted by atomic mass is 10.1. The van der Waals surface area contributed by atoms with E-state index in [1.54, 1.807) is 18.2 Å². The van der Waals surface area contributed by atoms with E-state index >= 15 is 0 Å². The summed E-state index contributed by atoms with van der Waals surface area (Å²) in [7, 11) is 0. The van der Waals surface area contributed by atoms with Gasteiger partial charge in [0.2, 0.25) is 0 Å². The normalized spacial score (nSPS) is 11.2. The van der Waals surface area contributed by atoms with Gasteiger partial charge in [-0.1, -0.05) is 6.58 Å². The average molecular weight is 443 g/mol. The van der Waals surface area contributed by atoms with E-state index in [1.165, 1.54) is 30.3 Å². The lowest BCUT2D eigenvalue weighted by Crippen LogP contribution is -2.14. The molecule has 1 aromatic heterocycles. The zero-order valence-electron chi connectivity index (χ0n) is 16.8. The minimum Gasteiger partial charge on any atom is -0.457 e. The first-order valence-electron chi connectivity index (χ1n) is 9.44. The number of aliphatic hydroxyl groups is 1. The number of hydrogen-bond donors (Lipinski definition) is 3. The van der Waals surface area contributed by atoms with Crippen molar-refractivity contribution in [2.24, 2.45) is 11.5 Å². The maximum absolute atomic E-state index is 13.5. The van der Waals surface area contributed by atoms with E-state index in [2.05, 4.69) is 11.6 Å². The fraction of sp³-hybridized carbons (Fsp3) is 0.130. The second-order valence-electron chi connectivity index (χ2n) is 6.94. The number of aromatic nitrogens is 1. The Morgan fingerprint density at radius 2 is 1.75 bits per heavy atom. The smallest absolute Gasteiger partial charge is 0.420 e. The largest absolute Gasteiger partial charge is 0.457 e. The Balaban J connectivity index is 1.92. The van der Waals surface area contributed by atoms with Crippen molar-refractivity contribution in [2.45, 2.75) is 12.6 Å². The molecule has 0 atom stereocenters. The summed E-state index contributed by atoms with van der Waals surface area (Å²) < 4.78 is 45.9. The molecule has 6 nitrogen and oxygen atoms in total. The molecule has 166 valence electrons. The molecule has 9 heteroatoms. The van der Waals surface area contributed by atoms with Crippen LogP contribution in [0.4, 0.5) is 13.2 Å². The van der Waals surface area contributed by atoms with Crippen molar-refractivity contribution >= 4 is 11.6 Å². The van der Waals surface area contributed by atoms with Crippen LogP contribution in [-0.4, -0.2) is 22.6 Å². The van der Waals surface area contributed by atoms with Gasteiger partial charge in [-0.2, -0.15) is 13.2 Å². The molecule has 0 saturated heterocycles. The summed E-state index contributed by atoms with van der Waals surface area (Å²) in [5.74, 6) is -0.927. The second-order valence-corrected chi connectivity index (χ2v) is 6.94. The molecule has 0 fully saturated rings. The predicted molar refractivity (Wildman–Crippen MR) is 114 cm³/mol. The van der Waals surface area contributed by atoms with Crippen molar-refractivity contribution in [3.05, 3.63) is 83.6 Å². The van der Waals surface area contributed by atoms with Crippen LogP contribution in [0.25, 0.3) is 17.0 Å². The van der Waals surface area contributed by atoms with Gasteiger partial charge in [-0.3, -0.25) is 4.79 Å². The molecule has 5 N–H and O–H groups in total. The third-order valence-corrected chi connectivity index (χ3v) is 4.57. The molecule has 1 heterocycles. The zero-order chi connectivity index (χ0) is 23.5. The lowest BCUT2D eigenvalue weighted by Gasteiger charge is -2.15. The van der Waals surface area contributed by atoms with Gasteiger partial charge in [0.15, 0.2) is 0 Å². The molecule has 2 aromatic carbocycles. The highest BCUT2D eigenvalue weighted by atomic mass is 19.4. The molecule has 0 unspecified atom stereocenters. The Bertz CT molecular complexity index is 1160. The SMILES string of the molecule is C=C(N)c1ccc(Oc2ccc(-c3cc(CCO)cc(C(N)=O)n3)cc2)c(C(F)(F)F)c1. The summed E-state index contributed by atoms with van der Waals surface area (Å²) in [6, 6.07) is 12.8. The molecule has 1 amide bonds. The Hall–Kier alpha value is -3.85. The monoisotopic (exact) mass is 443 g/mol. The molecule has 3 rings (SSSR count). The van der Waals surface area contributed by atoms with Gasteiger partial charge in [-0.25, -0.2) is 4.98 Å². The van der Waals surface area contributed by atoms with Crippen LogP contribution in [0.3, 0.4) is 0 Å². The number of amides is 1. The maximum Gasteiger partial charge on any atom is 0.420 e. The minimum atomic E-state index is -4.65. The first kappa shape index (κ1) is 22.8. The van der Waals surface area contributed by atoms with Crippen molar-refractivity contribution in [3.8, 4) is 22.8 Å². The van der Waals surface area contributed by atoms with Crippen molar-refractivity contribution < 1.29 is 27.8 Å². The summed E-state index contributed by atoms with van der Waals surface area (Å²) in [6.45, 7) is 3.34. The molecule has 0 aliphatic carbocycles. The molecular weight excluding hydrogens is 423 g/mol.